The number of ether oxygens (including phenoxy) is 2. The SMILES string of the molecule is COCCN(CCOC)S(=O)(=O)c1cn(C)nc1-c1ccccc1. The topological polar surface area (TPSA) is 73.7 Å². The van der Waals surface area contributed by atoms with Crippen LogP contribution in [0.1, 0.15) is 0 Å². The molecular formula is C16H23N3O4S. The zero-order chi connectivity index (χ0) is 17.6. The van der Waals surface area contributed by atoms with Crippen LogP contribution in [-0.2, 0) is 26.5 Å². The lowest BCUT2D eigenvalue weighted by atomic mass is 10.2. The van der Waals surface area contributed by atoms with E-state index in [0.29, 0.717) is 18.9 Å². The second kappa shape index (κ2) is 8.39. The third-order valence-electron chi connectivity index (χ3n) is 3.55. The van der Waals surface area contributed by atoms with E-state index in [1.807, 2.05) is 30.3 Å². The normalized spacial score (nSPS) is 12.0. The van der Waals surface area contributed by atoms with Crippen molar-refractivity contribution in [2.24, 2.45) is 7.05 Å². The number of nitrogens with zero attached hydrogens (tertiary/aromatic N) is 3. The molecule has 1 aromatic carbocycles. The molecule has 0 amide bonds. The first-order chi connectivity index (χ1) is 11.5. The minimum atomic E-state index is -3.71. The second-order valence-corrected chi connectivity index (χ2v) is 7.18. The molecule has 0 bridgehead atoms. The van der Waals surface area contributed by atoms with Crippen LogP contribution in [-0.4, -0.2) is 63.0 Å². The van der Waals surface area contributed by atoms with Gasteiger partial charge in [-0.15, -0.1) is 0 Å². The molecule has 24 heavy (non-hydrogen) atoms. The summed E-state index contributed by atoms with van der Waals surface area (Å²) in [5, 5.41) is 4.34. The van der Waals surface area contributed by atoms with Gasteiger partial charge < -0.3 is 9.47 Å². The molecule has 0 aliphatic carbocycles. The Morgan fingerprint density at radius 3 is 2.21 bits per heavy atom. The molecule has 0 spiro atoms. The summed E-state index contributed by atoms with van der Waals surface area (Å²) in [6, 6.07) is 9.28. The standard InChI is InChI=1S/C16H23N3O4S/c1-18-13-15(16(17-18)14-7-5-4-6-8-14)24(20,21)19(9-11-22-2)10-12-23-3/h4-8,13H,9-12H2,1-3H3. The molecule has 0 aliphatic heterocycles. The summed E-state index contributed by atoms with van der Waals surface area (Å²) < 4.78 is 39.2. The van der Waals surface area contributed by atoms with Gasteiger partial charge in [0.25, 0.3) is 0 Å². The third kappa shape index (κ3) is 4.21. The number of hydrogen-bond acceptors (Lipinski definition) is 5. The van der Waals surface area contributed by atoms with Crippen molar-refractivity contribution >= 4 is 10.0 Å². The molecule has 1 heterocycles. The van der Waals surface area contributed by atoms with E-state index in [2.05, 4.69) is 5.10 Å². The van der Waals surface area contributed by atoms with Crippen LogP contribution >= 0.6 is 0 Å². The van der Waals surface area contributed by atoms with Crippen molar-refractivity contribution in [1.29, 1.82) is 0 Å². The van der Waals surface area contributed by atoms with Crippen LogP contribution < -0.4 is 0 Å². The molecule has 0 saturated heterocycles. The Hall–Kier alpha value is -1.74. The fourth-order valence-corrected chi connectivity index (χ4v) is 3.93. The minimum Gasteiger partial charge on any atom is -0.383 e. The number of benzene rings is 1. The van der Waals surface area contributed by atoms with Gasteiger partial charge in [0.2, 0.25) is 10.0 Å². The predicted octanol–water partition coefficient (Wildman–Crippen LogP) is 1.37. The minimum absolute atomic E-state index is 0.184. The lowest BCUT2D eigenvalue weighted by Gasteiger charge is -2.21. The summed E-state index contributed by atoms with van der Waals surface area (Å²) in [5.41, 5.74) is 1.20. The largest absolute Gasteiger partial charge is 0.383 e. The molecule has 0 radical (unpaired) electrons. The quantitative estimate of drug-likeness (QED) is 0.681. The molecule has 0 N–H and O–H groups in total. The number of aromatic nitrogens is 2. The molecule has 0 fully saturated rings. The zero-order valence-electron chi connectivity index (χ0n) is 14.2. The molecule has 2 aromatic rings. The molecule has 1 aromatic heterocycles. The number of hydrogen-bond donors (Lipinski definition) is 0. The lowest BCUT2D eigenvalue weighted by molar-refractivity contribution is 0.150. The number of rotatable bonds is 9. The first-order valence-electron chi connectivity index (χ1n) is 7.57. The predicted molar refractivity (Wildman–Crippen MR) is 91.2 cm³/mol. The van der Waals surface area contributed by atoms with Crippen LogP contribution in [0, 0.1) is 0 Å². The van der Waals surface area contributed by atoms with E-state index < -0.39 is 10.0 Å². The highest BCUT2D eigenvalue weighted by Crippen LogP contribution is 2.27. The van der Waals surface area contributed by atoms with Gasteiger partial charge in [0.1, 0.15) is 10.6 Å². The van der Waals surface area contributed by atoms with Gasteiger partial charge in [-0.1, -0.05) is 30.3 Å². The monoisotopic (exact) mass is 353 g/mol. The highest BCUT2D eigenvalue weighted by molar-refractivity contribution is 7.89. The Labute approximate surface area is 142 Å². The summed E-state index contributed by atoms with van der Waals surface area (Å²) >= 11 is 0. The first kappa shape index (κ1) is 18.6. The molecule has 2 rings (SSSR count). The molecule has 7 nitrogen and oxygen atoms in total. The van der Waals surface area contributed by atoms with Gasteiger partial charge in [0.15, 0.2) is 0 Å². The average molecular weight is 353 g/mol. The van der Waals surface area contributed by atoms with E-state index >= 15 is 0 Å². The zero-order valence-corrected chi connectivity index (χ0v) is 15.0. The molecule has 0 unspecified atom stereocenters. The Kier molecular flexibility index (Phi) is 6.50. The summed E-state index contributed by atoms with van der Waals surface area (Å²) in [4.78, 5) is 0.184. The van der Waals surface area contributed by atoms with Crippen LogP contribution in [0.2, 0.25) is 0 Å². The van der Waals surface area contributed by atoms with Gasteiger partial charge >= 0.3 is 0 Å². The van der Waals surface area contributed by atoms with Gasteiger partial charge in [-0.3, -0.25) is 4.68 Å². The van der Waals surface area contributed by atoms with Crippen molar-refractivity contribution in [3.05, 3.63) is 36.5 Å². The van der Waals surface area contributed by atoms with Gasteiger partial charge in [0, 0.05) is 46.1 Å². The maximum Gasteiger partial charge on any atom is 0.246 e. The summed E-state index contributed by atoms with van der Waals surface area (Å²) in [6.07, 6.45) is 1.53. The number of methoxy groups -OCH3 is 2. The van der Waals surface area contributed by atoms with Crippen LogP contribution in [0.4, 0.5) is 0 Å². The summed E-state index contributed by atoms with van der Waals surface area (Å²) in [7, 11) is 1.08. The molecule has 8 heteroatoms. The maximum absolute atomic E-state index is 13.1. The van der Waals surface area contributed by atoms with Crippen LogP contribution in [0.5, 0.6) is 0 Å². The third-order valence-corrected chi connectivity index (χ3v) is 5.45. The van der Waals surface area contributed by atoms with Crippen molar-refractivity contribution in [3.8, 4) is 11.3 Å². The molecular weight excluding hydrogens is 330 g/mol. The van der Waals surface area contributed by atoms with Gasteiger partial charge in [-0.05, 0) is 0 Å². The molecule has 0 saturated carbocycles. The molecule has 0 aliphatic rings. The molecule has 132 valence electrons. The highest BCUT2D eigenvalue weighted by Gasteiger charge is 2.29. The van der Waals surface area contributed by atoms with Crippen molar-refractivity contribution in [2.75, 3.05) is 40.5 Å². The van der Waals surface area contributed by atoms with Crippen molar-refractivity contribution in [3.63, 3.8) is 0 Å². The fraction of sp³-hybridized carbons (Fsp3) is 0.438. The fourth-order valence-electron chi connectivity index (χ4n) is 2.33. The summed E-state index contributed by atoms with van der Waals surface area (Å²) in [6.45, 7) is 1.13. The second-order valence-electron chi connectivity index (χ2n) is 5.27. The van der Waals surface area contributed by atoms with Crippen molar-refractivity contribution in [1.82, 2.24) is 14.1 Å². The maximum atomic E-state index is 13.1. The van der Waals surface area contributed by atoms with Gasteiger partial charge in [-0.2, -0.15) is 9.40 Å². The van der Waals surface area contributed by atoms with Gasteiger partial charge in [0.05, 0.1) is 13.2 Å². The van der Waals surface area contributed by atoms with E-state index in [1.54, 1.807) is 21.3 Å². The van der Waals surface area contributed by atoms with E-state index in [4.69, 9.17) is 9.47 Å². The van der Waals surface area contributed by atoms with Crippen LogP contribution in [0.15, 0.2) is 41.4 Å². The lowest BCUT2D eigenvalue weighted by Crippen LogP contribution is -2.36. The van der Waals surface area contributed by atoms with Gasteiger partial charge in [-0.25, -0.2) is 8.42 Å². The summed E-state index contributed by atoms with van der Waals surface area (Å²) in [5.74, 6) is 0. The van der Waals surface area contributed by atoms with E-state index in [0.717, 1.165) is 5.56 Å². The molecule has 0 atom stereocenters. The van der Waals surface area contributed by atoms with Crippen molar-refractivity contribution in [2.45, 2.75) is 4.90 Å². The number of sulfonamides is 1. The average Bonchev–Trinajstić information content (AvgIpc) is 2.98. The number of aryl methyl sites for hydroxylation is 1. The van der Waals surface area contributed by atoms with E-state index in [1.165, 1.54) is 15.2 Å². The Balaban J connectivity index is 2.43. The van der Waals surface area contributed by atoms with E-state index in [-0.39, 0.29) is 18.0 Å². The van der Waals surface area contributed by atoms with Crippen LogP contribution in [0.25, 0.3) is 11.3 Å². The Morgan fingerprint density at radius 2 is 1.67 bits per heavy atom. The highest BCUT2D eigenvalue weighted by atomic mass is 32.2. The van der Waals surface area contributed by atoms with E-state index in [9.17, 15) is 8.42 Å². The smallest absolute Gasteiger partial charge is 0.246 e. The Bertz CT molecular complexity index is 736. The van der Waals surface area contributed by atoms with Crippen LogP contribution in [0.3, 0.4) is 0 Å². The van der Waals surface area contributed by atoms with Crippen molar-refractivity contribution < 1.29 is 17.9 Å². The Morgan fingerprint density at radius 1 is 1.08 bits per heavy atom. The first-order valence-corrected chi connectivity index (χ1v) is 9.01.